The number of aromatic nitrogens is 1. The first kappa shape index (κ1) is 18.2. The summed E-state index contributed by atoms with van der Waals surface area (Å²) >= 11 is 0. The molecule has 2 bridgehead atoms. The van der Waals surface area contributed by atoms with Gasteiger partial charge in [-0.05, 0) is 26.7 Å². The molecule has 3 aliphatic heterocycles. The van der Waals surface area contributed by atoms with Gasteiger partial charge in [-0.1, -0.05) is 5.16 Å². The van der Waals surface area contributed by atoms with Crippen molar-refractivity contribution in [3.63, 3.8) is 0 Å². The summed E-state index contributed by atoms with van der Waals surface area (Å²) in [5.74, 6) is 0.360. The molecule has 0 spiro atoms. The van der Waals surface area contributed by atoms with Gasteiger partial charge >= 0.3 is 6.09 Å². The minimum Gasteiger partial charge on any atom is -0.453 e. The summed E-state index contributed by atoms with van der Waals surface area (Å²) < 4.78 is 9.69. The normalized spacial score (nSPS) is 22.3. The van der Waals surface area contributed by atoms with Crippen LogP contribution in [0.5, 0.6) is 0 Å². The Labute approximate surface area is 151 Å². The Morgan fingerprint density at radius 1 is 1.31 bits per heavy atom. The Morgan fingerprint density at radius 3 is 2.73 bits per heavy atom. The van der Waals surface area contributed by atoms with Gasteiger partial charge in [0.15, 0.2) is 0 Å². The van der Waals surface area contributed by atoms with E-state index in [1.54, 1.807) is 4.90 Å². The van der Waals surface area contributed by atoms with Crippen molar-refractivity contribution in [2.24, 2.45) is 5.92 Å². The summed E-state index contributed by atoms with van der Waals surface area (Å²) in [6, 6.07) is -0.0444. The van der Waals surface area contributed by atoms with Crippen LogP contribution in [0.4, 0.5) is 4.79 Å². The minimum atomic E-state index is -0.646. The number of fused-ring (bicyclic) bond motifs is 4. The second-order valence-electron chi connectivity index (χ2n) is 6.84. The van der Waals surface area contributed by atoms with Gasteiger partial charge in [-0.2, -0.15) is 0 Å². The highest BCUT2D eigenvalue weighted by Crippen LogP contribution is 2.31. The summed E-state index contributed by atoms with van der Waals surface area (Å²) in [5.41, 5.74) is 1.71. The van der Waals surface area contributed by atoms with Crippen molar-refractivity contribution in [1.29, 1.82) is 0 Å². The number of aryl methyl sites for hydroxylation is 2. The first-order valence-electron chi connectivity index (χ1n) is 8.72. The fraction of sp³-hybridized carbons (Fsp3) is 0.647. The average Bonchev–Trinajstić information content (AvgIpc) is 2.81. The highest BCUT2D eigenvalue weighted by atomic mass is 16.5. The molecule has 3 amide bonds. The van der Waals surface area contributed by atoms with E-state index in [1.165, 1.54) is 7.11 Å². The number of alkyl carbamates (subject to hydrolysis) is 1. The largest absolute Gasteiger partial charge is 0.453 e. The van der Waals surface area contributed by atoms with Crippen molar-refractivity contribution in [3.8, 4) is 0 Å². The van der Waals surface area contributed by atoms with Gasteiger partial charge in [0, 0.05) is 24.7 Å². The number of amides is 3. The Kier molecular flexibility index (Phi) is 5.15. The van der Waals surface area contributed by atoms with E-state index in [2.05, 4.69) is 15.2 Å². The monoisotopic (exact) mass is 364 g/mol. The fourth-order valence-corrected chi connectivity index (χ4v) is 3.68. The molecule has 0 aliphatic carbocycles. The zero-order chi connectivity index (χ0) is 18.8. The highest BCUT2D eigenvalue weighted by Gasteiger charge is 2.42. The third-order valence-corrected chi connectivity index (χ3v) is 5.23. The van der Waals surface area contributed by atoms with E-state index in [-0.39, 0.29) is 30.3 Å². The molecule has 9 heteroatoms. The first-order valence-corrected chi connectivity index (χ1v) is 8.72. The van der Waals surface area contributed by atoms with Gasteiger partial charge in [0.1, 0.15) is 12.3 Å². The number of nitrogens with one attached hydrogen (secondary N) is 1. The molecule has 3 saturated heterocycles. The van der Waals surface area contributed by atoms with Crippen LogP contribution in [0, 0.1) is 19.8 Å². The van der Waals surface area contributed by atoms with Crippen LogP contribution < -0.4 is 5.32 Å². The molecule has 3 fully saturated rings. The molecule has 4 heterocycles. The highest BCUT2D eigenvalue weighted by molar-refractivity contribution is 5.85. The fourth-order valence-electron chi connectivity index (χ4n) is 3.68. The van der Waals surface area contributed by atoms with Crippen LogP contribution in [0.2, 0.25) is 0 Å². The van der Waals surface area contributed by atoms with E-state index in [1.807, 2.05) is 18.7 Å². The number of methoxy groups -OCH3 is 1. The average molecular weight is 364 g/mol. The van der Waals surface area contributed by atoms with Gasteiger partial charge in [0.05, 0.1) is 25.3 Å². The molecule has 3 aliphatic rings. The third-order valence-electron chi connectivity index (χ3n) is 5.23. The van der Waals surface area contributed by atoms with Crippen LogP contribution in [0.1, 0.15) is 29.9 Å². The second-order valence-corrected chi connectivity index (χ2v) is 6.84. The number of carbonyl (C=O) groups excluding carboxylic acids is 3. The van der Waals surface area contributed by atoms with Crippen molar-refractivity contribution >= 4 is 17.9 Å². The number of rotatable bonds is 4. The molecule has 2 atom stereocenters. The van der Waals surface area contributed by atoms with Gasteiger partial charge in [-0.25, -0.2) is 4.79 Å². The van der Waals surface area contributed by atoms with E-state index >= 15 is 0 Å². The maximum Gasteiger partial charge on any atom is 0.407 e. The summed E-state index contributed by atoms with van der Waals surface area (Å²) in [7, 11) is 1.25. The van der Waals surface area contributed by atoms with E-state index in [0.29, 0.717) is 25.4 Å². The van der Waals surface area contributed by atoms with E-state index in [0.717, 1.165) is 24.1 Å². The van der Waals surface area contributed by atoms with Crippen molar-refractivity contribution in [2.75, 3.05) is 26.7 Å². The molecule has 0 aromatic carbocycles. The van der Waals surface area contributed by atoms with Gasteiger partial charge in [0.25, 0.3) is 0 Å². The summed E-state index contributed by atoms with van der Waals surface area (Å²) in [4.78, 5) is 40.0. The molecule has 26 heavy (non-hydrogen) atoms. The van der Waals surface area contributed by atoms with Crippen molar-refractivity contribution in [3.05, 3.63) is 17.0 Å². The molecule has 0 saturated carbocycles. The molecular weight excluding hydrogens is 340 g/mol. The SMILES string of the molecule is COC(=O)NCC(=O)N1C[C@H]2CC[C@@H](C1)N(Cc1c(C)noc1C)C2=O. The Bertz CT molecular complexity index is 697. The van der Waals surface area contributed by atoms with Gasteiger partial charge in [-0.15, -0.1) is 0 Å². The van der Waals surface area contributed by atoms with Crippen LogP contribution in [-0.2, 0) is 20.9 Å². The quantitative estimate of drug-likeness (QED) is 0.839. The maximum atomic E-state index is 12.9. The minimum absolute atomic E-state index is 0.0444. The number of hydrogen-bond acceptors (Lipinski definition) is 6. The standard InChI is InChI=1S/C17H24N4O5/c1-10-14(11(2)26-19-10)9-21-13-5-4-12(16(21)23)7-20(8-13)15(22)6-18-17(24)25-3/h12-13H,4-9H2,1-3H3,(H,18,24)/t12-,13+/m1/s1. The van der Waals surface area contributed by atoms with Crippen molar-refractivity contribution < 1.29 is 23.6 Å². The molecule has 1 aromatic rings. The number of hydrogen-bond donors (Lipinski definition) is 1. The van der Waals surface area contributed by atoms with Gasteiger partial charge in [0.2, 0.25) is 11.8 Å². The molecule has 1 N–H and O–H groups in total. The van der Waals surface area contributed by atoms with E-state index < -0.39 is 6.09 Å². The lowest BCUT2D eigenvalue weighted by Crippen LogP contribution is -2.48. The van der Waals surface area contributed by atoms with E-state index in [4.69, 9.17) is 4.52 Å². The molecule has 0 radical (unpaired) electrons. The number of piperidine rings is 1. The maximum absolute atomic E-state index is 12.9. The number of carbonyl (C=O) groups is 3. The summed E-state index contributed by atoms with van der Waals surface area (Å²) in [6.45, 7) is 4.86. The lowest BCUT2D eigenvalue weighted by atomic mass is 9.93. The van der Waals surface area contributed by atoms with Crippen molar-refractivity contribution in [2.45, 2.75) is 39.3 Å². The Balaban J connectivity index is 1.71. The van der Waals surface area contributed by atoms with E-state index in [9.17, 15) is 14.4 Å². The summed E-state index contributed by atoms with van der Waals surface area (Å²) in [6.07, 6.45) is 0.983. The van der Waals surface area contributed by atoms with Crippen molar-refractivity contribution in [1.82, 2.24) is 20.3 Å². The molecular formula is C17H24N4O5. The summed E-state index contributed by atoms with van der Waals surface area (Å²) in [5, 5.41) is 6.36. The van der Waals surface area contributed by atoms with Crippen LogP contribution in [0.3, 0.4) is 0 Å². The zero-order valence-electron chi connectivity index (χ0n) is 15.3. The predicted molar refractivity (Wildman–Crippen MR) is 90.0 cm³/mol. The molecule has 1 aromatic heterocycles. The number of nitrogens with zero attached hydrogens (tertiary/aromatic N) is 3. The molecule has 9 nitrogen and oxygen atoms in total. The molecule has 142 valence electrons. The van der Waals surface area contributed by atoms with Crippen LogP contribution in [0.25, 0.3) is 0 Å². The second kappa shape index (κ2) is 7.35. The molecule has 4 rings (SSSR count). The first-order chi connectivity index (χ1) is 12.4. The topological polar surface area (TPSA) is 105 Å². The Hall–Kier alpha value is -2.58. The third kappa shape index (κ3) is 3.51. The predicted octanol–water partition coefficient (Wildman–Crippen LogP) is 0.597. The van der Waals surface area contributed by atoms with Gasteiger partial charge in [-0.3, -0.25) is 9.59 Å². The lowest BCUT2D eigenvalue weighted by Gasteiger charge is -2.35. The number of ether oxygens (including phenoxy) is 1. The molecule has 0 unspecified atom stereocenters. The van der Waals surface area contributed by atoms with Gasteiger partial charge < -0.3 is 24.4 Å². The Morgan fingerprint density at radius 2 is 2.08 bits per heavy atom. The van der Waals surface area contributed by atoms with Crippen LogP contribution in [-0.4, -0.2) is 65.6 Å². The van der Waals surface area contributed by atoms with Crippen LogP contribution >= 0.6 is 0 Å². The zero-order valence-corrected chi connectivity index (χ0v) is 15.3. The van der Waals surface area contributed by atoms with Crippen LogP contribution in [0.15, 0.2) is 4.52 Å². The smallest absolute Gasteiger partial charge is 0.407 e. The lowest BCUT2D eigenvalue weighted by molar-refractivity contribution is -0.140.